The van der Waals surface area contributed by atoms with E-state index in [2.05, 4.69) is 4.98 Å². The summed E-state index contributed by atoms with van der Waals surface area (Å²) in [6, 6.07) is 2.27. The first-order chi connectivity index (χ1) is 10.1. The lowest BCUT2D eigenvalue weighted by Gasteiger charge is -2.25. The molecule has 0 amide bonds. The van der Waals surface area contributed by atoms with Crippen molar-refractivity contribution in [1.29, 1.82) is 0 Å². The van der Waals surface area contributed by atoms with E-state index < -0.39 is 17.6 Å². The molecule has 1 heterocycles. The molecule has 21 heavy (non-hydrogen) atoms. The number of carboxylic acid groups (broad SMARTS) is 1. The van der Waals surface area contributed by atoms with Gasteiger partial charge in [-0.25, -0.2) is 13.8 Å². The number of halogens is 2. The number of nitrogens with zero attached hydrogens (tertiary/aromatic N) is 2. The first kappa shape index (κ1) is 14.0. The summed E-state index contributed by atoms with van der Waals surface area (Å²) in [5, 5.41) is 8.74. The number of carboxylic acids is 1. The molecule has 1 N–H and O–H groups in total. The van der Waals surface area contributed by atoms with Gasteiger partial charge in [-0.15, -0.1) is 0 Å². The Hall–Kier alpha value is -1.98. The highest BCUT2D eigenvalue weighted by Gasteiger charge is 2.26. The molecular weight excluding hydrogens is 278 g/mol. The molecule has 0 unspecified atom stereocenters. The van der Waals surface area contributed by atoms with Crippen molar-refractivity contribution in [2.75, 3.05) is 0 Å². The Balaban J connectivity index is 1.99. The van der Waals surface area contributed by atoms with Gasteiger partial charge in [0.15, 0.2) is 11.6 Å². The van der Waals surface area contributed by atoms with Crippen molar-refractivity contribution in [3.8, 4) is 0 Å². The van der Waals surface area contributed by atoms with E-state index in [1.807, 2.05) is 4.57 Å². The van der Waals surface area contributed by atoms with Gasteiger partial charge in [0.05, 0.1) is 11.0 Å². The summed E-state index contributed by atoms with van der Waals surface area (Å²) in [5.74, 6) is -1.53. The summed E-state index contributed by atoms with van der Waals surface area (Å²) in [4.78, 5) is 15.1. The van der Waals surface area contributed by atoms with Crippen molar-refractivity contribution in [2.45, 2.75) is 44.6 Å². The van der Waals surface area contributed by atoms with E-state index in [9.17, 15) is 13.6 Å². The van der Waals surface area contributed by atoms with Gasteiger partial charge in [-0.3, -0.25) is 4.79 Å². The lowest BCUT2D eigenvalue weighted by Crippen LogP contribution is -2.16. The van der Waals surface area contributed by atoms with Crippen LogP contribution in [0, 0.1) is 11.6 Å². The Bertz CT molecular complexity index is 693. The fraction of sp³-hybridized carbons (Fsp3) is 0.467. The number of aliphatic carboxylic acids is 1. The van der Waals surface area contributed by atoms with Gasteiger partial charge in [0.2, 0.25) is 0 Å². The van der Waals surface area contributed by atoms with E-state index in [0.717, 1.165) is 37.2 Å². The van der Waals surface area contributed by atoms with Crippen molar-refractivity contribution in [3.05, 3.63) is 29.6 Å². The van der Waals surface area contributed by atoms with Gasteiger partial charge in [0.1, 0.15) is 5.82 Å². The third kappa shape index (κ3) is 2.62. The van der Waals surface area contributed by atoms with Crippen LogP contribution >= 0.6 is 0 Å². The molecule has 1 aromatic heterocycles. The standard InChI is InChI=1S/C15H16F2N2O2/c16-10-7-12-13(8-11(10)17)19(6-2-5-14(20)21)15(18-12)9-3-1-4-9/h7-9H,1-6H2,(H,20,21). The molecule has 2 aromatic rings. The predicted molar refractivity (Wildman–Crippen MR) is 73.1 cm³/mol. The minimum atomic E-state index is -0.905. The molecule has 4 nitrogen and oxygen atoms in total. The fourth-order valence-electron chi connectivity index (χ4n) is 2.74. The summed E-state index contributed by atoms with van der Waals surface area (Å²) in [7, 11) is 0. The first-order valence-electron chi connectivity index (χ1n) is 7.13. The number of imidazole rings is 1. The second-order valence-corrected chi connectivity index (χ2v) is 5.50. The van der Waals surface area contributed by atoms with Crippen molar-refractivity contribution < 1.29 is 18.7 Å². The predicted octanol–water partition coefficient (Wildman–Crippen LogP) is 3.45. The van der Waals surface area contributed by atoms with Gasteiger partial charge in [0.25, 0.3) is 0 Å². The van der Waals surface area contributed by atoms with Crippen LogP contribution in [-0.4, -0.2) is 20.6 Å². The average Bonchev–Trinajstić information content (AvgIpc) is 2.66. The molecule has 0 saturated heterocycles. The van der Waals surface area contributed by atoms with E-state index in [1.165, 1.54) is 0 Å². The van der Waals surface area contributed by atoms with Crippen molar-refractivity contribution in [1.82, 2.24) is 9.55 Å². The van der Waals surface area contributed by atoms with Gasteiger partial charge < -0.3 is 9.67 Å². The highest BCUT2D eigenvalue weighted by atomic mass is 19.2. The molecule has 0 radical (unpaired) electrons. The smallest absolute Gasteiger partial charge is 0.303 e. The largest absolute Gasteiger partial charge is 0.481 e. The molecule has 0 spiro atoms. The zero-order valence-corrected chi connectivity index (χ0v) is 11.5. The van der Waals surface area contributed by atoms with Crippen LogP contribution in [0.5, 0.6) is 0 Å². The number of rotatable bonds is 5. The number of fused-ring (bicyclic) bond motifs is 1. The van der Waals surface area contributed by atoms with Crippen molar-refractivity contribution in [2.24, 2.45) is 0 Å². The summed E-state index contributed by atoms with van der Waals surface area (Å²) in [6.07, 6.45) is 3.67. The summed E-state index contributed by atoms with van der Waals surface area (Å²) in [5.41, 5.74) is 0.979. The zero-order chi connectivity index (χ0) is 15.0. The molecule has 3 rings (SSSR count). The van der Waals surface area contributed by atoms with E-state index in [0.29, 0.717) is 29.9 Å². The quantitative estimate of drug-likeness (QED) is 0.919. The topological polar surface area (TPSA) is 55.1 Å². The maximum Gasteiger partial charge on any atom is 0.303 e. The molecule has 1 aliphatic carbocycles. The normalized spacial score (nSPS) is 15.3. The van der Waals surface area contributed by atoms with Gasteiger partial charge in [-0.2, -0.15) is 0 Å². The third-order valence-electron chi connectivity index (χ3n) is 4.06. The number of carbonyl (C=O) groups is 1. The summed E-state index contributed by atoms with van der Waals surface area (Å²) < 4.78 is 28.7. The monoisotopic (exact) mass is 294 g/mol. The minimum absolute atomic E-state index is 0.0491. The molecule has 1 saturated carbocycles. The van der Waals surface area contributed by atoms with Crippen LogP contribution in [0.3, 0.4) is 0 Å². The molecule has 1 fully saturated rings. The number of aryl methyl sites for hydroxylation is 1. The van der Waals surface area contributed by atoms with E-state index in [-0.39, 0.29) is 6.42 Å². The number of benzene rings is 1. The van der Waals surface area contributed by atoms with Crippen LogP contribution < -0.4 is 0 Å². The fourth-order valence-corrected chi connectivity index (χ4v) is 2.74. The highest BCUT2D eigenvalue weighted by molar-refractivity contribution is 5.76. The van der Waals surface area contributed by atoms with Crippen LogP contribution in [0.4, 0.5) is 8.78 Å². The molecule has 0 aliphatic heterocycles. The first-order valence-corrected chi connectivity index (χ1v) is 7.13. The van der Waals surface area contributed by atoms with Crippen LogP contribution in [0.2, 0.25) is 0 Å². The Labute approximate surface area is 120 Å². The van der Waals surface area contributed by atoms with Gasteiger partial charge >= 0.3 is 5.97 Å². The van der Waals surface area contributed by atoms with Gasteiger partial charge in [0, 0.05) is 31.0 Å². The Morgan fingerprint density at radius 3 is 2.67 bits per heavy atom. The van der Waals surface area contributed by atoms with Crippen molar-refractivity contribution in [3.63, 3.8) is 0 Å². The summed E-state index contributed by atoms with van der Waals surface area (Å²) >= 11 is 0. The molecule has 0 atom stereocenters. The van der Waals surface area contributed by atoms with Crippen molar-refractivity contribution >= 4 is 17.0 Å². The van der Waals surface area contributed by atoms with Gasteiger partial charge in [-0.05, 0) is 19.3 Å². The Morgan fingerprint density at radius 1 is 1.33 bits per heavy atom. The van der Waals surface area contributed by atoms with Gasteiger partial charge in [-0.1, -0.05) is 6.42 Å². The Morgan fingerprint density at radius 2 is 2.05 bits per heavy atom. The molecule has 0 bridgehead atoms. The Kier molecular flexibility index (Phi) is 3.61. The molecule has 1 aliphatic rings. The lowest BCUT2D eigenvalue weighted by molar-refractivity contribution is -0.137. The lowest BCUT2D eigenvalue weighted by atomic mass is 9.85. The molecular formula is C15H16F2N2O2. The average molecular weight is 294 g/mol. The maximum absolute atomic E-state index is 13.5. The van der Waals surface area contributed by atoms with E-state index in [4.69, 9.17) is 5.11 Å². The zero-order valence-electron chi connectivity index (χ0n) is 11.5. The van der Waals surface area contributed by atoms with E-state index in [1.54, 1.807) is 0 Å². The number of hydrogen-bond acceptors (Lipinski definition) is 2. The summed E-state index contributed by atoms with van der Waals surface area (Å²) in [6.45, 7) is 0.458. The van der Waals surface area contributed by atoms with Crippen LogP contribution in [0.25, 0.3) is 11.0 Å². The number of hydrogen-bond donors (Lipinski definition) is 1. The SMILES string of the molecule is O=C(O)CCCn1c(C2CCC2)nc2cc(F)c(F)cc21. The second kappa shape index (κ2) is 5.42. The third-order valence-corrected chi connectivity index (χ3v) is 4.06. The second-order valence-electron chi connectivity index (χ2n) is 5.50. The number of aromatic nitrogens is 2. The van der Waals surface area contributed by atoms with Crippen LogP contribution in [0.1, 0.15) is 43.8 Å². The maximum atomic E-state index is 13.5. The minimum Gasteiger partial charge on any atom is -0.481 e. The highest BCUT2D eigenvalue weighted by Crippen LogP contribution is 2.37. The van der Waals surface area contributed by atoms with Crippen LogP contribution in [-0.2, 0) is 11.3 Å². The molecule has 1 aromatic carbocycles. The van der Waals surface area contributed by atoms with Crippen LogP contribution in [0.15, 0.2) is 12.1 Å². The van der Waals surface area contributed by atoms with E-state index >= 15 is 0 Å². The molecule has 112 valence electrons. The molecule has 6 heteroatoms.